The normalized spacial score (nSPS) is 50.7. The molecule has 5 aliphatic heterocycles. The molecule has 10 unspecified atom stereocenters. The standard InChI is InChI=1S/C22H28N2O3/c1-4-12-13-9-16-19-22(14-7-5-6-8-15(14)23(19)3)10-17(24(16)21(12)26)18(13)20(22)27-11(2)25/h5-8,12-13,16-21,26H,4,9-10H2,1-3H3. The van der Waals surface area contributed by atoms with Crippen LogP contribution in [-0.2, 0) is 14.9 Å². The van der Waals surface area contributed by atoms with Gasteiger partial charge < -0.3 is 14.7 Å². The van der Waals surface area contributed by atoms with Gasteiger partial charge in [-0.1, -0.05) is 25.1 Å². The van der Waals surface area contributed by atoms with Crippen molar-refractivity contribution in [3.05, 3.63) is 29.8 Å². The maximum atomic E-state index is 12.2. The number of likely N-dealkylation sites (N-methyl/N-ethyl adjacent to an activating group) is 1. The average molecular weight is 368 g/mol. The van der Waals surface area contributed by atoms with Gasteiger partial charge in [0.1, 0.15) is 12.3 Å². The number of carbonyl (C=O) groups is 1. The van der Waals surface area contributed by atoms with Crippen molar-refractivity contribution < 1.29 is 14.6 Å². The smallest absolute Gasteiger partial charge is 0.302 e. The largest absolute Gasteiger partial charge is 0.461 e. The van der Waals surface area contributed by atoms with Gasteiger partial charge in [0.05, 0.1) is 11.5 Å². The van der Waals surface area contributed by atoms with Gasteiger partial charge >= 0.3 is 5.97 Å². The fraction of sp³-hybridized carbons (Fsp3) is 0.682. The average Bonchev–Trinajstić information content (AvgIpc) is 3.04. The van der Waals surface area contributed by atoms with Crippen LogP contribution in [0.1, 0.15) is 38.7 Å². The van der Waals surface area contributed by atoms with Gasteiger partial charge in [0.2, 0.25) is 0 Å². The zero-order valence-electron chi connectivity index (χ0n) is 16.2. The van der Waals surface area contributed by atoms with E-state index in [1.54, 1.807) is 6.92 Å². The minimum atomic E-state index is -0.355. The number of ether oxygens (including phenoxy) is 1. The van der Waals surface area contributed by atoms with E-state index in [9.17, 15) is 9.90 Å². The fourth-order valence-corrected chi connectivity index (χ4v) is 8.21. The zero-order chi connectivity index (χ0) is 18.7. The molecular weight excluding hydrogens is 340 g/mol. The minimum absolute atomic E-state index is 0.0855. The molecular formula is C22H28N2O3. The summed E-state index contributed by atoms with van der Waals surface area (Å²) in [5, 5.41) is 11.2. The number of piperidine rings is 4. The van der Waals surface area contributed by atoms with E-state index in [4.69, 9.17) is 4.74 Å². The zero-order valence-corrected chi connectivity index (χ0v) is 16.2. The highest BCUT2D eigenvalue weighted by atomic mass is 16.5. The van der Waals surface area contributed by atoms with Gasteiger partial charge in [0.25, 0.3) is 0 Å². The summed E-state index contributed by atoms with van der Waals surface area (Å²) in [6, 6.07) is 9.60. The first-order valence-electron chi connectivity index (χ1n) is 10.5. The molecule has 5 heteroatoms. The van der Waals surface area contributed by atoms with Crippen molar-refractivity contribution in [2.45, 2.75) is 69.0 Å². The molecule has 1 spiro atoms. The van der Waals surface area contributed by atoms with Crippen LogP contribution in [0.5, 0.6) is 0 Å². The second-order valence-corrected chi connectivity index (χ2v) is 9.39. The Morgan fingerprint density at radius 2 is 2.11 bits per heavy atom. The van der Waals surface area contributed by atoms with E-state index in [1.807, 2.05) is 0 Å². The lowest BCUT2D eigenvalue weighted by atomic mass is 9.62. The highest BCUT2D eigenvalue weighted by molar-refractivity contribution is 5.70. The number of fused-ring (bicyclic) bond motifs is 2. The van der Waals surface area contributed by atoms with Crippen LogP contribution in [0.15, 0.2) is 24.3 Å². The first-order valence-corrected chi connectivity index (χ1v) is 10.5. The van der Waals surface area contributed by atoms with E-state index in [1.165, 1.54) is 11.3 Å². The van der Waals surface area contributed by atoms with E-state index in [-0.39, 0.29) is 35.7 Å². The Morgan fingerprint density at radius 3 is 2.85 bits per heavy atom. The Hall–Kier alpha value is -1.59. The molecule has 5 bridgehead atoms. The van der Waals surface area contributed by atoms with Crippen molar-refractivity contribution in [2.24, 2.45) is 17.8 Å². The summed E-state index contributed by atoms with van der Waals surface area (Å²) < 4.78 is 6.17. The van der Waals surface area contributed by atoms with Gasteiger partial charge in [-0.05, 0) is 36.8 Å². The van der Waals surface area contributed by atoms with E-state index in [0.717, 1.165) is 19.3 Å². The molecule has 0 aromatic heterocycles. The van der Waals surface area contributed by atoms with Crippen LogP contribution in [0.2, 0.25) is 0 Å². The monoisotopic (exact) mass is 368 g/mol. The molecule has 1 aromatic carbocycles. The van der Waals surface area contributed by atoms with E-state index < -0.39 is 0 Å². The predicted molar refractivity (Wildman–Crippen MR) is 101 cm³/mol. The first-order chi connectivity index (χ1) is 13.0. The number of aliphatic hydroxyl groups excluding tert-OH is 1. The third kappa shape index (κ3) is 1.64. The topological polar surface area (TPSA) is 53.0 Å². The predicted octanol–water partition coefficient (Wildman–Crippen LogP) is 2.13. The summed E-state index contributed by atoms with van der Waals surface area (Å²) >= 11 is 0. The van der Waals surface area contributed by atoms with Gasteiger partial charge in [0, 0.05) is 43.6 Å². The Balaban J connectivity index is 1.60. The highest BCUT2D eigenvalue weighted by Gasteiger charge is 2.77. The third-order valence-electron chi connectivity index (χ3n) is 8.72. The molecule has 4 saturated heterocycles. The maximum absolute atomic E-state index is 12.2. The Labute approximate surface area is 160 Å². The first kappa shape index (κ1) is 16.4. The molecule has 1 saturated carbocycles. The summed E-state index contributed by atoms with van der Waals surface area (Å²) in [7, 11) is 2.19. The molecule has 144 valence electrons. The number of carbonyl (C=O) groups excluding carboxylic acids is 1. The van der Waals surface area contributed by atoms with Crippen LogP contribution in [-0.4, -0.2) is 53.5 Å². The van der Waals surface area contributed by atoms with Gasteiger partial charge in [-0.3, -0.25) is 9.69 Å². The lowest BCUT2D eigenvalue weighted by Gasteiger charge is -2.62. The third-order valence-corrected chi connectivity index (χ3v) is 8.72. The Kier molecular flexibility index (Phi) is 3.07. The minimum Gasteiger partial charge on any atom is -0.461 e. The number of nitrogens with zero attached hydrogens (tertiary/aromatic N) is 2. The SMILES string of the molecule is CCC1C2CC3C4N(C)c5ccccc5C45CC(C2C5OC(C)=O)N3C1O. The molecule has 27 heavy (non-hydrogen) atoms. The summed E-state index contributed by atoms with van der Waals surface area (Å²) in [5.74, 6) is 0.897. The number of rotatable bonds is 2. The number of hydrogen-bond acceptors (Lipinski definition) is 5. The van der Waals surface area contributed by atoms with E-state index in [2.05, 4.69) is 48.0 Å². The molecule has 1 aromatic rings. The summed E-state index contributed by atoms with van der Waals surface area (Å²) in [6.45, 7) is 3.74. The molecule has 5 nitrogen and oxygen atoms in total. The highest BCUT2D eigenvalue weighted by Crippen LogP contribution is 2.69. The van der Waals surface area contributed by atoms with Crippen LogP contribution < -0.4 is 4.90 Å². The van der Waals surface area contributed by atoms with Crippen molar-refractivity contribution in [1.82, 2.24) is 4.90 Å². The van der Waals surface area contributed by atoms with Crippen LogP contribution >= 0.6 is 0 Å². The fourth-order valence-electron chi connectivity index (χ4n) is 8.21. The van der Waals surface area contributed by atoms with Crippen LogP contribution in [0.3, 0.4) is 0 Å². The summed E-state index contributed by atoms with van der Waals surface area (Å²) in [5.41, 5.74) is 2.49. The Bertz CT molecular complexity index is 828. The van der Waals surface area contributed by atoms with Crippen molar-refractivity contribution in [3.8, 4) is 0 Å². The van der Waals surface area contributed by atoms with E-state index >= 15 is 0 Å². The molecule has 6 aliphatic rings. The number of benzene rings is 1. The van der Waals surface area contributed by atoms with Gasteiger partial charge in [0.15, 0.2) is 0 Å². The summed E-state index contributed by atoms with van der Waals surface area (Å²) in [4.78, 5) is 17.0. The van der Waals surface area contributed by atoms with E-state index in [0.29, 0.717) is 23.9 Å². The van der Waals surface area contributed by atoms with Crippen molar-refractivity contribution in [3.63, 3.8) is 0 Å². The van der Waals surface area contributed by atoms with Crippen molar-refractivity contribution >= 4 is 11.7 Å². The number of hydrogen-bond donors (Lipinski definition) is 1. The lowest BCUT2D eigenvalue weighted by molar-refractivity contribution is -0.212. The molecule has 1 N–H and O–H groups in total. The second kappa shape index (κ2) is 5.06. The van der Waals surface area contributed by atoms with Crippen molar-refractivity contribution in [2.75, 3.05) is 11.9 Å². The summed E-state index contributed by atoms with van der Waals surface area (Å²) in [6.07, 6.45) is 2.64. The molecule has 5 heterocycles. The van der Waals surface area contributed by atoms with Gasteiger partial charge in [-0.2, -0.15) is 0 Å². The second-order valence-electron chi connectivity index (χ2n) is 9.39. The molecule has 7 rings (SSSR count). The lowest BCUT2D eigenvalue weighted by Crippen LogP contribution is -2.72. The van der Waals surface area contributed by atoms with Gasteiger partial charge in [-0.25, -0.2) is 0 Å². The van der Waals surface area contributed by atoms with Crippen LogP contribution in [0.4, 0.5) is 5.69 Å². The molecule has 0 radical (unpaired) electrons. The van der Waals surface area contributed by atoms with Gasteiger partial charge in [-0.15, -0.1) is 0 Å². The molecule has 1 aliphatic carbocycles. The number of para-hydroxylation sites is 1. The van der Waals surface area contributed by atoms with Crippen LogP contribution in [0, 0.1) is 17.8 Å². The quantitative estimate of drug-likeness (QED) is 0.811. The molecule has 0 amide bonds. The number of aliphatic hydroxyl groups is 1. The molecule has 10 atom stereocenters. The van der Waals surface area contributed by atoms with Crippen LogP contribution in [0.25, 0.3) is 0 Å². The number of esters is 1. The maximum Gasteiger partial charge on any atom is 0.302 e. The number of anilines is 1. The molecule has 5 fully saturated rings. The van der Waals surface area contributed by atoms with Crippen molar-refractivity contribution in [1.29, 1.82) is 0 Å². The Morgan fingerprint density at radius 1 is 1.33 bits per heavy atom.